The Bertz CT molecular complexity index is 246. The molecule has 0 spiro atoms. The molecule has 0 saturated carbocycles. The summed E-state index contributed by atoms with van der Waals surface area (Å²) in [5, 5.41) is 11.8. The number of likely N-dealkylation sites (N-methyl/N-ethyl adjacent to an activating group) is 1. The van der Waals surface area contributed by atoms with Crippen LogP contribution in [-0.4, -0.2) is 30.5 Å². The first-order chi connectivity index (χ1) is 6.66. The average molecular weight is 215 g/mol. The molecule has 0 aromatic carbocycles. The molecule has 0 aromatic rings. The zero-order valence-electron chi connectivity index (χ0n) is 10.1. The number of aldehydes is 1. The van der Waals surface area contributed by atoms with E-state index in [9.17, 15) is 9.59 Å². The predicted molar refractivity (Wildman–Crippen MR) is 58.7 cm³/mol. The van der Waals surface area contributed by atoms with E-state index < -0.39 is 22.8 Å². The maximum absolute atomic E-state index is 11.0. The third-order valence-electron chi connectivity index (χ3n) is 2.55. The topological polar surface area (TPSA) is 66.4 Å². The number of rotatable bonds is 6. The van der Waals surface area contributed by atoms with Gasteiger partial charge in [-0.25, -0.2) is 0 Å². The van der Waals surface area contributed by atoms with E-state index in [1.807, 2.05) is 27.7 Å². The minimum Gasteiger partial charge on any atom is -0.480 e. The maximum Gasteiger partial charge on any atom is 0.321 e. The van der Waals surface area contributed by atoms with Gasteiger partial charge in [0.05, 0.1) is 0 Å². The SMILES string of the molecule is CNC(C(=O)O)C(C)(C)CC(C)(C)C=O. The molecule has 0 rings (SSSR count). The summed E-state index contributed by atoms with van der Waals surface area (Å²) in [4.78, 5) is 21.8. The summed E-state index contributed by atoms with van der Waals surface area (Å²) in [6, 6.07) is -0.642. The first-order valence-electron chi connectivity index (χ1n) is 5.03. The zero-order chi connectivity index (χ0) is 12.3. The number of hydrogen-bond acceptors (Lipinski definition) is 3. The van der Waals surface area contributed by atoms with Gasteiger partial charge in [-0.2, -0.15) is 0 Å². The summed E-state index contributed by atoms with van der Waals surface area (Å²) in [6.45, 7) is 7.34. The molecule has 0 fully saturated rings. The van der Waals surface area contributed by atoms with Crippen molar-refractivity contribution in [1.82, 2.24) is 5.32 Å². The predicted octanol–water partition coefficient (Wildman–Crippen LogP) is 1.30. The summed E-state index contributed by atoms with van der Waals surface area (Å²) >= 11 is 0. The van der Waals surface area contributed by atoms with Crippen molar-refractivity contribution in [3.05, 3.63) is 0 Å². The van der Waals surface area contributed by atoms with E-state index in [4.69, 9.17) is 5.11 Å². The Kier molecular flexibility index (Phi) is 4.46. The van der Waals surface area contributed by atoms with Crippen LogP contribution in [0.15, 0.2) is 0 Å². The van der Waals surface area contributed by atoms with Crippen molar-refractivity contribution in [2.45, 2.75) is 40.2 Å². The first-order valence-corrected chi connectivity index (χ1v) is 5.03. The molecular formula is C11H21NO3. The number of carbonyl (C=O) groups is 2. The van der Waals surface area contributed by atoms with Gasteiger partial charge < -0.3 is 15.2 Å². The highest BCUT2D eigenvalue weighted by molar-refractivity contribution is 5.74. The zero-order valence-corrected chi connectivity index (χ0v) is 10.1. The lowest BCUT2D eigenvalue weighted by Crippen LogP contribution is -2.48. The lowest BCUT2D eigenvalue weighted by Gasteiger charge is -2.35. The van der Waals surface area contributed by atoms with Crippen LogP contribution in [0.4, 0.5) is 0 Å². The van der Waals surface area contributed by atoms with Gasteiger partial charge in [0, 0.05) is 5.41 Å². The van der Waals surface area contributed by atoms with Gasteiger partial charge in [-0.1, -0.05) is 27.7 Å². The van der Waals surface area contributed by atoms with Crippen LogP contribution in [0.1, 0.15) is 34.1 Å². The number of hydrogen-bond donors (Lipinski definition) is 2. The van der Waals surface area contributed by atoms with Crippen molar-refractivity contribution < 1.29 is 14.7 Å². The molecule has 1 unspecified atom stereocenters. The van der Waals surface area contributed by atoms with Gasteiger partial charge in [0.1, 0.15) is 12.3 Å². The fraction of sp³-hybridized carbons (Fsp3) is 0.818. The molecule has 4 nitrogen and oxygen atoms in total. The monoisotopic (exact) mass is 215 g/mol. The van der Waals surface area contributed by atoms with Crippen molar-refractivity contribution >= 4 is 12.3 Å². The van der Waals surface area contributed by atoms with Gasteiger partial charge in [0.25, 0.3) is 0 Å². The van der Waals surface area contributed by atoms with Crippen molar-refractivity contribution in [3.63, 3.8) is 0 Å². The number of aliphatic carboxylic acids is 1. The number of carbonyl (C=O) groups excluding carboxylic acids is 1. The largest absolute Gasteiger partial charge is 0.480 e. The van der Waals surface area contributed by atoms with Crippen LogP contribution in [0.25, 0.3) is 0 Å². The third kappa shape index (κ3) is 4.00. The van der Waals surface area contributed by atoms with Crippen LogP contribution in [0.2, 0.25) is 0 Å². The fourth-order valence-corrected chi connectivity index (χ4v) is 2.17. The third-order valence-corrected chi connectivity index (χ3v) is 2.55. The summed E-state index contributed by atoms with van der Waals surface area (Å²) < 4.78 is 0. The Balaban J connectivity index is 4.79. The van der Waals surface area contributed by atoms with E-state index in [-0.39, 0.29) is 0 Å². The fourth-order valence-electron chi connectivity index (χ4n) is 2.17. The Morgan fingerprint density at radius 2 is 1.87 bits per heavy atom. The molecule has 4 heteroatoms. The van der Waals surface area contributed by atoms with Gasteiger partial charge in [0.2, 0.25) is 0 Å². The highest BCUT2D eigenvalue weighted by Gasteiger charge is 2.38. The Hall–Kier alpha value is -0.900. The lowest BCUT2D eigenvalue weighted by molar-refractivity contribution is -0.143. The maximum atomic E-state index is 11.0. The molecule has 2 N–H and O–H groups in total. The van der Waals surface area contributed by atoms with Crippen LogP contribution in [0, 0.1) is 10.8 Å². The second-order valence-corrected chi connectivity index (χ2v) is 5.33. The molecule has 0 aliphatic carbocycles. The summed E-state index contributed by atoms with van der Waals surface area (Å²) in [5.74, 6) is -0.885. The molecule has 88 valence electrons. The van der Waals surface area contributed by atoms with Crippen molar-refractivity contribution in [2.24, 2.45) is 10.8 Å². The highest BCUT2D eigenvalue weighted by atomic mass is 16.4. The average Bonchev–Trinajstić information content (AvgIpc) is 2.01. The molecule has 0 aromatic heterocycles. The Labute approximate surface area is 91.1 Å². The van der Waals surface area contributed by atoms with Crippen LogP contribution in [0.3, 0.4) is 0 Å². The molecule has 0 amide bonds. The minimum absolute atomic E-state index is 0.467. The molecule has 0 aliphatic heterocycles. The van der Waals surface area contributed by atoms with E-state index in [0.29, 0.717) is 6.42 Å². The van der Waals surface area contributed by atoms with Crippen LogP contribution < -0.4 is 5.32 Å². The van der Waals surface area contributed by atoms with Gasteiger partial charge in [-0.05, 0) is 18.9 Å². The van der Waals surface area contributed by atoms with Gasteiger partial charge in [-0.15, -0.1) is 0 Å². The van der Waals surface area contributed by atoms with Crippen molar-refractivity contribution in [2.75, 3.05) is 7.05 Å². The quantitative estimate of drug-likeness (QED) is 0.655. The van der Waals surface area contributed by atoms with E-state index in [0.717, 1.165) is 6.29 Å². The normalized spacial score (nSPS) is 14.7. The van der Waals surface area contributed by atoms with Crippen molar-refractivity contribution in [1.29, 1.82) is 0 Å². The number of carboxylic acid groups (broad SMARTS) is 1. The summed E-state index contributed by atoms with van der Waals surface area (Å²) in [6.07, 6.45) is 1.41. The van der Waals surface area contributed by atoms with E-state index >= 15 is 0 Å². The second kappa shape index (κ2) is 4.75. The van der Waals surface area contributed by atoms with Crippen LogP contribution >= 0.6 is 0 Å². The smallest absolute Gasteiger partial charge is 0.321 e. The summed E-state index contributed by atoms with van der Waals surface area (Å²) in [7, 11) is 1.62. The molecule has 0 radical (unpaired) electrons. The van der Waals surface area contributed by atoms with Gasteiger partial charge in [-0.3, -0.25) is 4.79 Å². The summed E-state index contributed by atoms with van der Waals surface area (Å²) in [5.41, 5.74) is -0.959. The van der Waals surface area contributed by atoms with Crippen LogP contribution in [-0.2, 0) is 9.59 Å². The molecule has 0 heterocycles. The number of carboxylic acids is 1. The number of nitrogens with one attached hydrogen (secondary N) is 1. The first kappa shape index (κ1) is 14.1. The van der Waals surface area contributed by atoms with Gasteiger partial charge >= 0.3 is 5.97 Å². The molecule has 0 aliphatic rings. The van der Waals surface area contributed by atoms with E-state index in [1.165, 1.54) is 0 Å². The standard InChI is InChI=1S/C11H21NO3/c1-10(2,7-13)6-11(3,4)8(12-5)9(14)15/h7-8,12H,6H2,1-5H3,(H,14,15). The van der Waals surface area contributed by atoms with Crippen molar-refractivity contribution in [3.8, 4) is 0 Å². The van der Waals surface area contributed by atoms with Gasteiger partial charge in [0.15, 0.2) is 0 Å². The van der Waals surface area contributed by atoms with E-state index in [2.05, 4.69) is 5.32 Å². The van der Waals surface area contributed by atoms with Crippen LogP contribution in [0.5, 0.6) is 0 Å². The Morgan fingerprint density at radius 1 is 1.40 bits per heavy atom. The lowest BCUT2D eigenvalue weighted by atomic mass is 9.71. The molecule has 1 atom stereocenters. The highest BCUT2D eigenvalue weighted by Crippen LogP contribution is 2.34. The second-order valence-electron chi connectivity index (χ2n) is 5.33. The molecule has 0 saturated heterocycles. The van der Waals surface area contributed by atoms with E-state index in [1.54, 1.807) is 7.05 Å². The molecular weight excluding hydrogens is 194 g/mol. The Morgan fingerprint density at radius 3 is 2.13 bits per heavy atom. The molecule has 15 heavy (non-hydrogen) atoms. The minimum atomic E-state index is -0.885. The molecule has 0 bridgehead atoms.